The Morgan fingerprint density at radius 2 is 1.91 bits per heavy atom. The van der Waals surface area contributed by atoms with Crippen LogP contribution in [-0.2, 0) is 11.3 Å². The monoisotopic (exact) mass is 367 g/mol. The average molecular weight is 368 g/mol. The minimum atomic E-state index is -0.0211. The molecule has 1 aromatic carbocycles. The van der Waals surface area contributed by atoms with E-state index in [4.69, 9.17) is 0 Å². The summed E-state index contributed by atoms with van der Waals surface area (Å²) in [5.41, 5.74) is 1.26. The van der Waals surface area contributed by atoms with E-state index in [1.54, 1.807) is 0 Å². The Labute approximate surface area is 142 Å². The maximum absolute atomic E-state index is 12.3. The number of hydrogen-bond donors (Lipinski definition) is 2. The molecule has 0 bridgehead atoms. The van der Waals surface area contributed by atoms with Crippen LogP contribution in [0, 0.1) is 5.92 Å². The topological polar surface area (TPSA) is 33.5 Å². The van der Waals surface area contributed by atoms with E-state index in [1.807, 2.05) is 6.92 Å². The largest absolute Gasteiger partial charge is 0.351 e. The summed E-state index contributed by atoms with van der Waals surface area (Å²) < 4.78 is 1.09. The number of rotatable bonds is 6. The standard InChI is InChI=1S/C18H27BrN2O/c1-14(18(22)20-12-15-6-4-3-5-7-15)21(2)13-16-8-10-17(19)11-9-16/h8-11,14-15H,3-7,12-13H2,1-2H3,(H,20,22)/p+1/t14-/m0/s1. The zero-order valence-electron chi connectivity index (χ0n) is 13.7. The van der Waals surface area contributed by atoms with Crippen molar-refractivity contribution in [2.75, 3.05) is 13.6 Å². The van der Waals surface area contributed by atoms with Crippen LogP contribution in [0.5, 0.6) is 0 Å². The molecule has 1 saturated carbocycles. The van der Waals surface area contributed by atoms with Gasteiger partial charge >= 0.3 is 0 Å². The van der Waals surface area contributed by atoms with Crippen LogP contribution in [-0.4, -0.2) is 25.5 Å². The van der Waals surface area contributed by atoms with Crippen molar-refractivity contribution in [1.29, 1.82) is 0 Å². The van der Waals surface area contributed by atoms with Crippen LogP contribution in [0.4, 0.5) is 0 Å². The summed E-state index contributed by atoms with van der Waals surface area (Å²) in [5, 5.41) is 3.16. The molecule has 1 aromatic rings. The molecule has 22 heavy (non-hydrogen) atoms. The van der Waals surface area contributed by atoms with Crippen molar-refractivity contribution in [3.8, 4) is 0 Å². The molecule has 2 N–H and O–H groups in total. The van der Waals surface area contributed by atoms with Gasteiger partial charge in [-0.05, 0) is 37.8 Å². The predicted octanol–water partition coefficient (Wildman–Crippen LogP) is 2.55. The highest BCUT2D eigenvalue weighted by molar-refractivity contribution is 9.10. The molecule has 4 heteroatoms. The molecule has 0 aliphatic heterocycles. The lowest BCUT2D eigenvalue weighted by Crippen LogP contribution is -3.12. The van der Waals surface area contributed by atoms with Crippen molar-refractivity contribution in [2.45, 2.75) is 51.6 Å². The van der Waals surface area contributed by atoms with Crippen LogP contribution in [0.2, 0.25) is 0 Å². The summed E-state index contributed by atoms with van der Waals surface area (Å²) in [6.07, 6.45) is 6.56. The van der Waals surface area contributed by atoms with Crippen LogP contribution < -0.4 is 10.2 Å². The third-order valence-electron chi connectivity index (χ3n) is 4.82. The van der Waals surface area contributed by atoms with Gasteiger partial charge in [0.2, 0.25) is 0 Å². The van der Waals surface area contributed by atoms with Crippen molar-refractivity contribution >= 4 is 21.8 Å². The molecule has 1 aliphatic rings. The summed E-state index contributed by atoms with van der Waals surface area (Å²) in [6, 6.07) is 8.31. The second-order valence-electron chi connectivity index (χ2n) is 6.62. The third-order valence-corrected chi connectivity index (χ3v) is 5.35. The average Bonchev–Trinajstić information content (AvgIpc) is 2.55. The second kappa shape index (κ2) is 8.68. The van der Waals surface area contributed by atoms with Gasteiger partial charge in [0.25, 0.3) is 5.91 Å². The Hall–Kier alpha value is -0.870. The van der Waals surface area contributed by atoms with E-state index in [0.29, 0.717) is 5.92 Å². The van der Waals surface area contributed by atoms with Gasteiger partial charge in [0.05, 0.1) is 7.05 Å². The fourth-order valence-electron chi connectivity index (χ4n) is 3.09. The lowest BCUT2D eigenvalue weighted by Gasteiger charge is -2.24. The number of carbonyl (C=O) groups excluding carboxylic acids is 1. The number of carbonyl (C=O) groups is 1. The number of halogens is 1. The number of amides is 1. The number of quaternary nitrogens is 1. The van der Waals surface area contributed by atoms with E-state index < -0.39 is 0 Å². The Morgan fingerprint density at radius 1 is 1.27 bits per heavy atom. The summed E-state index contributed by atoms with van der Waals surface area (Å²) in [7, 11) is 2.09. The Balaban J connectivity index is 1.77. The van der Waals surface area contributed by atoms with Gasteiger partial charge in [-0.3, -0.25) is 4.79 Å². The molecular weight excluding hydrogens is 340 g/mol. The summed E-state index contributed by atoms with van der Waals surface area (Å²) in [5.74, 6) is 0.872. The van der Waals surface area contributed by atoms with Gasteiger partial charge in [-0.1, -0.05) is 47.3 Å². The smallest absolute Gasteiger partial charge is 0.278 e. The number of nitrogens with one attached hydrogen (secondary N) is 2. The quantitative estimate of drug-likeness (QED) is 0.795. The van der Waals surface area contributed by atoms with Crippen LogP contribution >= 0.6 is 15.9 Å². The van der Waals surface area contributed by atoms with Crippen molar-refractivity contribution < 1.29 is 9.69 Å². The molecule has 0 heterocycles. The highest BCUT2D eigenvalue weighted by Gasteiger charge is 2.23. The van der Waals surface area contributed by atoms with Crippen molar-refractivity contribution in [3.05, 3.63) is 34.3 Å². The van der Waals surface area contributed by atoms with Crippen molar-refractivity contribution in [1.82, 2.24) is 5.32 Å². The van der Waals surface area contributed by atoms with E-state index in [0.717, 1.165) is 17.6 Å². The van der Waals surface area contributed by atoms with Gasteiger partial charge in [0.15, 0.2) is 6.04 Å². The Kier molecular flexibility index (Phi) is 6.90. The molecule has 1 unspecified atom stereocenters. The SMILES string of the molecule is C[C@@H](C(=O)NCC1CCCCC1)[NH+](C)Cc1ccc(Br)cc1. The molecule has 2 rings (SSSR count). The first-order valence-corrected chi connectivity index (χ1v) is 9.20. The highest BCUT2D eigenvalue weighted by atomic mass is 79.9. The molecule has 0 aromatic heterocycles. The Morgan fingerprint density at radius 3 is 2.55 bits per heavy atom. The van der Waals surface area contributed by atoms with Crippen LogP contribution in [0.15, 0.2) is 28.7 Å². The first-order valence-electron chi connectivity index (χ1n) is 8.40. The van der Waals surface area contributed by atoms with Crippen molar-refractivity contribution in [3.63, 3.8) is 0 Å². The minimum absolute atomic E-state index is 0.0211. The lowest BCUT2D eigenvalue weighted by atomic mass is 9.89. The van der Waals surface area contributed by atoms with Gasteiger partial charge in [-0.15, -0.1) is 0 Å². The summed E-state index contributed by atoms with van der Waals surface area (Å²) in [4.78, 5) is 13.6. The normalized spacial score (nSPS) is 18.7. The second-order valence-corrected chi connectivity index (χ2v) is 7.54. The van der Waals surface area contributed by atoms with Crippen LogP contribution in [0.1, 0.15) is 44.6 Å². The third kappa shape index (κ3) is 5.40. The molecule has 0 radical (unpaired) electrons. The predicted molar refractivity (Wildman–Crippen MR) is 93.8 cm³/mol. The van der Waals surface area contributed by atoms with E-state index in [9.17, 15) is 4.79 Å². The van der Waals surface area contributed by atoms with E-state index in [1.165, 1.54) is 42.6 Å². The lowest BCUT2D eigenvalue weighted by molar-refractivity contribution is -0.908. The van der Waals surface area contributed by atoms with Gasteiger partial charge in [0, 0.05) is 16.6 Å². The fourth-order valence-corrected chi connectivity index (χ4v) is 3.35. The number of benzene rings is 1. The molecule has 0 spiro atoms. The van der Waals surface area contributed by atoms with Gasteiger partial charge in [-0.25, -0.2) is 0 Å². The van der Waals surface area contributed by atoms with Gasteiger partial charge < -0.3 is 10.2 Å². The molecular formula is C18H28BrN2O+. The highest BCUT2D eigenvalue weighted by Crippen LogP contribution is 2.22. The molecule has 2 atom stereocenters. The van der Waals surface area contributed by atoms with Gasteiger partial charge in [-0.2, -0.15) is 0 Å². The zero-order valence-corrected chi connectivity index (χ0v) is 15.3. The summed E-state index contributed by atoms with van der Waals surface area (Å²) in [6.45, 7) is 3.74. The molecule has 122 valence electrons. The van der Waals surface area contributed by atoms with Gasteiger partial charge in [0.1, 0.15) is 6.54 Å². The first kappa shape index (κ1) is 17.5. The van der Waals surface area contributed by atoms with E-state index >= 15 is 0 Å². The molecule has 1 aliphatic carbocycles. The van der Waals surface area contributed by atoms with E-state index in [-0.39, 0.29) is 11.9 Å². The molecule has 1 fully saturated rings. The Bertz CT molecular complexity index is 468. The van der Waals surface area contributed by atoms with Crippen LogP contribution in [0.3, 0.4) is 0 Å². The first-order chi connectivity index (χ1) is 10.6. The number of likely N-dealkylation sites (N-methyl/N-ethyl adjacent to an activating group) is 1. The molecule has 0 saturated heterocycles. The molecule has 1 amide bonds. The van der Waals surface area contributed by atoms with E-state index in [2.05, 4.69) is 52.6 Å². The van der Waals surface area contributed by atoms with Crippen LogP contribution in [0.25, 0.3) is 0 Å². The summed E-state index contributed by atoms with van der Waals surface area (Å²) >= 11 is 3.45. The zero-order chi connectivity index (χ0) is 15.9. The maximum Gasteiger partial charge on any atom is 0.278 e. The number of hydrogen-bond acceptors (Lipinski definition) is 1. The fraction of sp³-hybridized carbons (Fsp3) is 0.611. The van der Waals surface area contributed by atoms with Crippen molar-refractivity contribution in [2.24, 2.45) is 5.92 Å². The molecule has 3 nitrogen and oxygen atoms in total. The maximum atomic E-state index is 12.3. The minimum Gasteiger partial charge on any atom is -0.351 e.